The van der Waals surface area contributed by atoms with Crippen LogP contribution in [0.1, 0.15) is 51.5 Å². The molecule has 220 valence electrons. The molecule has 1 aromatic carbocycles. The zero-order valence-corrected chi connectivity index (χ0v) is 22.8. The number of benzene rings is 1. The highest BCUT2D eigenvalue weighted by Crippen LogP contribution is 2.20. The molecule has 1 heterocycles. The van der Waals surface area contributed by atoms with Crippen LogP contribution in [-0.4, -0.2) is 75.6 Å². The van der Waals surface area contributed by atoms with Gasteiger partial charge in [-0.25, -0.2) is 4.79 Å². The van der Waals surface area contributed by atoms with Gasteiger partial charge < -0.3 is 42.6 Å². The molecule has 1 aromatic heterocycles. The first-order valence-electron chi connectivity index (χ1n) is 13.3. The van der Waals surface area contributed by atoms with Crippen LogP contribution >= 0.6 is 0 Å². The maximum absolute atomic E-state index is 13.4. The average Bonchev–Trinajstić information content (AvgIpc) is 3.32. The Morgan fingerprint density at radius 3 is 2.23 bits per heavy atom. The third kappa shape index (κ3) is 9.35. The fraction of sp³-hybridized carbons (Fsp3) is 0.519. The monoisotopic (exact) mass is 560 g/mol. The number of hydrogen-bond acceptors (Lipinski definition) is 7. The predicted molar refractivity (Wildman–Crippen MR) is 148 cm³/mol. The number of carboxylic acids is 2. The van der Waals surface area contributed by atoms with Crippen LogP contribution in [0.3, 0.4) is 0 Å². The summed E-state index contributed by atoms with van der Waals surface area (Å²) in [7, 11) is 0. The molecule has 5 unspecified atom stereocenters. The minimum absolute atomic E-state index is 0.0381. The number of rotatable bonds is 17. The lowest BCUT2D eigenvalue weighted by Crippen LogP contribution is -2.58. The van der Waals surface area contributed by atoms with Crippen molar-refractivity contribution >= 4 is 40.6 Å². The van der Waals surface area contributed by atoms with Gasteiger partial charge in [0.2, 0.25) is 17.7 Å². The van der Waals surface area contributed by atoms with E-state index in [9.17, 15) is 29.1 Å². The fourth-order valence-electron chi connectivity index (χ4n) is 4.26. The van der Waals surface area contributed by atoms with Crippen molar-refractivity contribution in [1.82, 2.24) is 20.9 Å². The summed E-state index contributed by atoms with van der Waals surface area (Å²) < 4.78 is 0. The summed E-state index contributed by atoms with van der Waals surface area (Å²) in [5, 5.41) is 27.2. The first-order chi connectivity index (χ1) is 19.0. The molecular formula is C27H40N6O7. The molecule has 0 aliphatic rings. The number of para-hydroxylation sites is 1. The van der Waals surface area contributed by atoms with E-state index in [4.69, 9.17) is 16.6 Å². The number of carboxylic acid groups (broad SMARTS) is 2. The number of unbranched alkanes of at least 4 members (excludes halogenated alkanes) is 1. The molecule has 0 aliphatic heterocycles. The van der Waals surface area contributed by atoms with Gasteiger partial charge in [-0.2, -0.15) is 0 Å². The van der Waals surface area contributed by atoms with Crippen LogP contribution in [0.25, 0.3) is 10.9 Å². The number of aromatic nitrogens is 1. The Morgan fingerprint density at radius 1 is 0.950 bits per heavy atom. The molecule has 3 amide bonds. The predicted octanol–water partition coefficient (Wildman–Crippen LogP) is 0.227. The third-order valence-electron chi connectivity index (χ3n) is 6.82. The van der Waals surface area contributed by atoms with E-state index >= 15 is 0 Å². The van der Waals surface area contributed by atoms with Gasteiger partial charge in [0, 0.05) is 23.5 Å². The zero-order chi connectivity index (χ0) is 29.8. The molecule has 0 bridgehead atoms. The number of carbonyl (C=O) groups excluding carboxylic acids is 3. The van der Waals surface area contributed by atoms with Crippen LogP contribution in [0.2, 0.25) is 0 Å². The zero-order valence-electron chi connectivity index (χ0n) is 22.8. The Bertz CT molecular complexity index is 1180. The number of fused-ring (bicyclic) bond motifs is 1. The van der Waals surface area contributed by atoms with Gasteiger partial charge >= 0.3 is 11.9 Å². The number of hydrogen-bond donors (Lipinski definition) is 8. The topological polar surface area (TPSA) is 230 Å². The molecule has 0 spiro atoms. The second kappa shape index (κ2) is 15.6. The van der Waals surface area contributed by atoms with E-state index in [1.807, 2.05) is 31.2 Å². The Morgan fingerprint density at radius 2 is 1.60 bits per heavy atom. The van der Waals surface area contributed by atoms with Gasteiger partial charge in [0.05, 0.1) is 12.5 Å². The standard InChI is InChI=1S/C27H40N6O7/c1-3-15(2)23(27(39)40)33-26(38)21(12-16-14-30-19-9-5-4-8-17(16)19)32-25(37)20(10-6-7-11-28)31-24(36)18(29)13-22(34)35/h4-5,8-9,14-15,18,20-21,23,30H,3,6-7,10-13,28-29H2,1-2H3,(H,31,36)(H,32,37)(H,33,38)(H,34,35)(H,39,40). The quantitative estimate of drug-likeness (QED) is 0.124. The van der Waals surface area contributed by atoms with E-state index in [0.717, 1.165) is 16.5 Å². The molecule has 0 saturated carbocycles. The van der Waals surface area contributed by atoms with Crippen LogP contribution in [0, 0.1) is 5.92 Å². The first kappa shape index (κ1) is 32.2. The first-order valence-corrected chi connectivity index (χ1v) is 13.3. The number of nitrogens with two attached hydrogens (primary N) is 2. The van der Waals surface area contributed by atoms with Gasteiger partial charge in [-0.1, -0.05) is 38.5 Å². The van der Waals surface area contributed by atoms with Crippen LogP contribution in [0.15, 0.2) is 30.5 Å². The maximum atomic E-state index is 13.4. The minimum Gasteiger partial charge on any atom is -0.481 e. The lowest BCUT2D eigenvalue weighted by atomic mass is 9.97. The normalized spacial score (nSPS) is 14.9. The van der Waals surface area contributed by atoms with Gasteiger partial charge in [-0.05, 0) is 43.4 Å². The molecule has 13 heteroatoms. The largest absolute Gasteiger partial charge is 0.481 e. The van der Waals surface area contributed by atoms with Crippen molar-refractivity contribution in [1.29, 1.82) is 0 Å². The highest BCUT2D eigenvalue weighted by Gasteiger charge is 2.32. The lowest BCUT2D eigenvalue weighted by Gasteiger charge is -2.26. The summed E-state index contributed by atoms with van der Waals surface area (Å²) >= 11 is 0. The van der Waals surface area contributed by atoms with Gasteiger partial charge in [0.25, 0.3) is 0 Å². The fourth-order valence-corrected chi connectivity index (χ4v) is 4.26. The number of amides is 3. The van der Waals surface area contributed by atoms with Crippen LogP contribution in [0.5, 0.6) is 0 Å². The molecule has 5 atom stereocenters. The van der Waals surface area contributed by atoms with Crippen molar-refractivity contribution in [2.45, 2.75) is 76.5 Å². The van der Waals surface area contributed by atoms with E-state index in [-0.39, 0.29) is 18.8 Å². The van der Waals surface area contributed by atoms with Crippen LogP contribution < -0.4 is 27.4 Å². The van der Waals surface area contributed by atoms with Gasteiger partial charge in [0.15, 0.2) is 0 Å². The molecule has 10 N–H and O–H groups in total. The number of aliphatic carboxylic acids is 2. The Balaban J connectivity index is 2.33. The van der Waals surface area contributed by atoms with Gasteiger partial charge in [0.1, 0.15) is 18.1 Å². The van der Waals surface area contributed by atoms with E-state index in [1.165, 1.54) is 0 Å². The molecule has 13 nitrogen and oxygen atoms in total. The molecule has 40 heavy (non-hydrogen) atoms. The van der Waals surface area contributed by atoms with E-state index in [0.29, 0.717) is 25.8 Å². The minimum atomic E-state index is -1.38. The average molecular weight is 561 g/mol. The summed E-state index contributed by atoms with van der Waals surface area (Å²) in [6, 6.07) is 2.55. The molecule has 2 rings (SSSR count). The third-order valence-corrected chi connectivity index (χ3v) is 6.82. The Labute approximate surface area is 232 Å². The van der Waals surface area contributed by atoms with Crippen molar-refractivity contribution in [2.24, 2.45) is 17.4 Å². The van der Waals surface area contributed by atoms with E-state index < -0.39 is 60.2 Å². The van der Waals surface area contributed by atoms with Gasteiger partial charge in [-0.15, -0.1) is 0 Å². The van der Waals surface area contributed by atoms with Crippen molar-refractivity contribution in [3.63, 3.8) is 0 Å². The molecule has 0 fully saturated rings. The second-order valence-electron chi connectivity index (χ2n) is 9.88. The van der Waals surface area contributed by atoms with Crippen LogP contribution in [0.4, 0.5) is 0 Å². The summed E-state index contributed by atoms with van der Waals surface area (Å²) in [6.07, 6.45) is 2.83. The highest BCUT2D eigenvalue weighted by molar-refractivity contribution is 5.95. The molecule has 0 aliphatic carbocycles. The van der Waals surface area contributed by atoms with Crippen molar-refractivity contribution < 1.29 is 34.2 Å². The SMILES string of the molecule is CCC(C)C(NC(=O)C(Cc1c[nH]c2ccccc12)NC(=O)C(CCCCN)NC(=O)C(N)CC(=O)O)C(=O)O. The second-order valence-corrected chi connectivity index (χ2v) is 9.88. The van der Waals surface area contributed by atoms with Crippen molar-refractivity contribution in [3.8, 4) is 0 Å². The van der Waals surface area contributed by atoms with Crippen molar-refractivity contribution in [2.75, 3.05) is 6.54 Å². The summed E-state index contributed by atoms with van der Waals surface area (Å²) in [6.45, 7) is 3.87. The number of carbonyl (C=O) groups is 5. The summed E-state index contributed by atoms with van der Waals surface area (Å²) in [5.41, 5.74) is 12.8. The van der Waals surface area contributed by atoms with Crippen molar-refractivity contribution in [3.05, 3.63) is 36.0 Å². The lowest BCUT2D eigenvalue weighted by molar-refractivity contribution is -0.143. The molecule has 0 saturated heterocycles. The number of aromatic amines is 1. The highest BCUT2D eigenvalue weighted by atomic mass is 16.4. The van der Waals surface area contributed by atoms with Crippen LogP contribution in [-0.2, 0) is 30.4 Å². The smallest absolute Gasteiger partial charge is 0.326 e. The molecule has 0 radical (unpaired) electrons. The number of nitrogens with one attached hydrogen (secondary N) is 4. The maximum Gasteiger partial charge on any atom is 0.326 e. The molecule has 2 aromatic rings. The summed E-state index contributed by atoms with van der Waals surface area (Å²) in [5.74, 6) is -5.04. The summed E-state index contributed by atoms with van der Waals surface area (Å²) in [4.78, 5) is 65.3. The Hall–Kier alpha value is -3.97. The Kier molecular flexibility index (Phi) is 12.6. The van der Waals surface area contributed by atoms with E-state index in [2.05, 4.69) is 20.9 Å². The van der Waals surface area contributed by atoms with Gasteiger partial charge in [-0.3, -0.25) is 19.2 Å². The molecular weight excluding hydrogens is 520 g/mol. The number of H-pyrrole nitrogens is 1. The van der Waals surface area contributed by atoms with E-state index in [1.54, 1.807) is 13.1 Å².